The Morgan fingerprint density at radius 1 is 1.36 bits per heavy atom. The van der Waals surface area contributed by atoms with E-state index in [9.17, 15) is 0 Å². The van der Waals surface area contributed by atoms with E-state index in [2.05, 4.69) is 4.98 Å². The van der Waals surface area contributed by atoms with E-state index in [4.69, 9.17) is 10.8 Å². The average Bonchev–Trinajstić information content (AvgIpc) is 2.27. The number of aliphatic hydroxyl groups is 1. The molecule has 0 amide bonds. The van der Waals surface area contributed by atoms with Gasteiger partial charge in [-0.25, -0.2) is 0 Å². The van der Waals surface area contributed by atoms with Crippen LogP contribution >= 0.6 is 0 Å². The van der Waals surface area contributed by atoms with Crippen LogP contribution < -0.4 is 5.73 Å². The first-order chi connectivity index (χ1) is 6.81. The quantitative estimate of drug-likeness (QED) is 0.745. The lowest BCUT2D eigenvalue weighted by Crippen LogP contribution is -2.14. The molecule has 2 rings (SSSR count). The predicted octanol–water partition coefficient (Wildman–Crippen LogP) is 1.23. The molecule has 0 unspecified atom stereocenters. The number of para-hydroxylation sites is 1. The molecule has 0 saturated carbocycles. The molecule has 0 bridgehead atoms. The van der Waals surface area contributed by atoms with Crippen LogP contribution in [0.4, 0.5) is 0 Å². The lowest BCUT2D eigenvalue weighted by Gasteiger charge is -2.08. The zero-order valence-corrected chi connectivity index (χ0v) is 7.72. The third-order valence-corrected chi connectivity index (χ3v) is 2.24. The summed E-state index contributed by atoms with van der Waals surface area (Å²) >= 11 is 0. The van der Waals surface area contributed by atoms with Crippen molar-refractivity contribution in [2.45, 2.75) is 6.04 Å². The fourth-order valence-corrected chi connectivity index (χ4v) is 1.40. The summed E-state index contributed by atoms with van der Waals surface area (Å²) in [5, 5.41) is 9.96. The fourth-order valence-electron chi connectivity index (χ4n) is 1.40. The summed E-state index contributed by atoms with van der Waals surface area (Å²) in [6.45, 7) is -0.0555. The molecule has 1 aromatic heterocycles. The lowest BCUT2D eigenvalue weighted by atomic mass is 10.1. The van der Waals surface area contributed by atoms with Gasteiger partial charge in [-0.2, -0.15) is 0 Å². The molecule has 14 heavy (non-hydrogen) atoms. The number of nitrogens with two attached hydrogens (primary N) is 1. The number of fused-ring (bicyclic) bond motifs is 1. The molecular weight excluding hydrogens is 176 g/mol. The molecular formula is C11H12N2O. The van der Waals surface area contributed by atoms with E-state index in [1.165, 1.54) is 0 Å². The summed E-state index contributed by atoms with van der Waals surface area (Å²) in [4.78, 5) is 4.26. The van der Waals surface area contributed by atoms with Crippen molar-refractivity contribution < 1.29 is 5.11 Å². The van der Waals surface area contributed by atoms with Crippen LogP contribution in [-0.2, 0) is 0 Å². The van der Waals surface area contributed by atoms with Gasteiger partial charge in [0.2, 0.25) is 0 Å². The highest BCUT2D eigenvalue weighted by molar-refractivity contribution is 5.78. The SMILES string of the molecule is N[C@H](CO)c1cnc2ccccc2c1. The second-order valence-corrected chi connectivity index (χ2v) is 3.25. The van der Waals surface area contributed by atoms with Gasteiger partial charge < -0.3 is 10.8 Å². The van der Waals surface area contributed by atoms with Crippen LogP contribution in [0.3, 0.4) is 0 Å². The van der Waals surface area contributed by atoms with Gasteiger partial charge in [0.25, 0.3) is 0 Å². The standard InChI is InChI=1S/C11H12N2O/c12-10(7-14)9-5-8-3-1-2-4-11(8)13-6-9/h1-6,10,14H,7,12H2/t10-/m1/s1. The molecule has 0 aliphatic heterocycles. The smallest absolute Gasteiger partial charge is 0.0702 e. The molecule has 0 aliphatic carbocycles. The monoisotopic (exact) mass is 188 g/mol. The maximum atomic E-state index is 8.91. The number of aliphatic hydroxyl groups excluding tert-OH is 1. The second-order valence-electron chi connectivity index (χ2n) is 3.25. The van der Waals surface area contributed by atoms with E-state index in [0.29, 0.717) is 0 Å². The van der Waals surface area contributed by atoms with Crippen LogP contribution in [0.1, 0.15) is 11.6 Å². The summed E-state index contributed by atoms with van der Waals surface area (Å²) in [5.41, 5.74) is 7.51. The first-order valence-corrected chi connectivity index (χ1v) is 4.52. The molecule has 3 nitrogen and oxygen atoms in total. The Morgan fingerprint density at radius 3 is 2.93 bits per heavy atom. The van der Waals surface area contributed by atoms with Crippen LogP contribution in [0.2, 0.25) is 0 Å². The highest BCUT2D eigenvalue weighted by atomic mass is 16.3. The summed E-state index contributed by atoms with van der Waals surface area (Å²) < 4.78 is 0. The molecule has 0 radical (unpaired) electrons. The summed E-state index contributed by atoms with van der Waals surface area (Å²) in [7, 11) is 0. The minimum Gasteiger partial charge on any atom is -0.394 e. The number of benzene rings is 1. The maximum absolute atomic E-state index is 8.91. The first-order valence-electron chi connectivity index (χ1n) is 4.52. The van der Waals surface area contributed by atoms with Gasteiger partial charge in [0, 0.05) is 11.6 Å². The van der Waals surface area contributed by atoms with E-state index in [0.717, 1.165) is 16.5 Å². The van der Waals surface area contributed by atoms with Crippen molar-refractivity contribution in [2.24, 2.45) is 5.73 Å². The number of hydrogen-bond acceptors (Lipinski definition) is 3. The number of pyridine rings is 1. The van der Waals surface area contributed by atoms with Gasteiger partial charge in [-0.1, -0.05) is 18.2 Å². The molecule has 3 N–H and O–H groups in total. The normalized spacial score (nSPS) is 13.0. The number of hydrogen-bond donors (Lipinski definition) is 2. The van der Waals surface area contributed by atoms with Crippen LogP contribution in [0, 0.1) is 0 Å². The minimum absolute atomic E-state index is 0.0555. The van der Waals surface area contributed by atoms with Gasteiger partial charge in [-0.15, -0.1) is 0 Å². The van der Waals surface area contributed by atoms with E-state index in [1.54, 1.807) is 6.20 Å². The van der Waals surface area contributed by atoms with E-state index < -0.39 is 0 Å². The van der Waals surface area contributed by atoms with Crippen LogP contribution in [0.15, 0.2) is 36.5 Å². The molecule has 0 spiro atoms. The third kappa shape index (κ3) is 1.60. The Kier molecular flexibility index (Phi) is 2.43. The topological polar surface area (TPSA) is 59.1 Å². The van der Waals surface area contributed by atoms with Gasteiger partial charge in [0.1, 0.15) is 0 Å². The number of rotatable bonds is 2. The van der Waals surface area contributed by atoms with Crippen molar-refractivity contribution in [3.05, 3.63) is 42.1 Å². The Balaban J connectivity index is 2.51. The second kappa shape index (κ2) is 3.74. The van der Waals surface area contributed by atoms with Crippen LogP contribution in [0.5, 0.6) is 0 Å². The van der Waals surface area contributed by atoms with Crippen molar-refractivity contribution in [3.63, 3.8) is 0 Å². The molecule has 1 atom stereocenters. The molecule has 1 heterocycles. The molecule has 1 aromatic carbocycles. The highest BCUT2D eigenvalue weighted by Gasteiger charge is 2.04. The molecule has 0 saturated heterocycles. The van der Waals surface area contributed by atoms with Crippen molar-refractivity contribution in [2.75, 3.05) is 6.61 Å². The number of aromatic nitrogens is 1. The third-order valence-electron chi connectivity index (χ3n) is 2.24. The number of nitrogens with zero attached hydrogens (tertiary/aromatic N) is 1. The minimum atomic E-state index is -0.341. The Hall–Kier alpha value is -1.45. The van der Waals surface area contributed by atoms with E-state index >= 15 is 0 Å². The van der Waals surface area contributed by atoms with Crippen LogP contribution in [-0.4, -0.2) is 16.7 Å². The molecule has 72 valence electrons. The van der Waals surface area contributed by atoms with Gasteiger partial charge >= 0.3 is 0 Å². The summed E-state index contributed by atoms with van der Waals surface area (Å²) in [6, 6.07) is 9.45. The van der Waals surface area contributed by atoms with Gasteiger partial charge in [0.05, 0.1) is 18.2 Å². The predicted molar refractivity (Wildman–Crippen MR) is 55.8 cm³/mol. The molecule has 2 aromatic rings. The Labute approximate surface area is 82.2 Å². The lowest BCUT2D eigenvalue weighted by molar-refractivity contribution is 0.268. The molecule has 3 heteroatoms. The zero-order chi connectivity index (χ0) is 9.97. The Bertz CT molecular complexity index is 442. The van der Waals surface area contributed by atoms with Crippen molar-refractivity contribution in [1.82, 2.24) is 4.98 Å². The largest absolute Gasteiger partial charge is 0.394 e. The maximum Gasteiger partial charge on any atom is 0.0702 e. The first kappa shape index (κ1) is 9.12. The Morgan fingerprint density at radius 2 is 2.14 bits per heavy atom. The fraction of sp³-hybridized carbons (Fsp3) is 0.182. The van der Waals surface area contributed by atoms with Crippen molar-refractivity contribution in [1.29, 1.82) is 0 Å². The van der Waals surface area contributed by atoms with Gasteiger partial charge in [0.15, 0.2) is 0 Å². The van der Waals surface area contributed by atoms with Crippen molar-refractivity contribution >= 4 is 10.9 Å². The average molecular weight is 188 g/mol. The van der Waals surface area contributed by atoms with Gasteiger partial charge in [-0.3, -0.25) is 4.98 Å². The zero-order valence-electron chi connectivity index (χ0n) is 7.72. The highest BCUT2D eigenvalue weighted by Crippen LogP contribution is 2.16. The van der Waals surface area contributed by atoms with Crippen molar-refractivity contribution in [3.8, 4) is 0 Å². The van der Waals surface area contributed by atoms with E-state index in [-0.39, 0.29) is 12.6 Å². The molecule has 0 fully saturated rings. The summed E-state index contributed by atoms with van der Waals surface area (Å²) in [6.07, 6.45) is 1.71. The summed E-state index contributed by atoms with van der Waals surface area (Å²) in [5.74, 6) is 0. The van der Waals surface area contributed by atoms with E-state index in [1.807, 2.05) is 30.3 Å². The van der Waals surface area contributed by atoms with Crippen LogP contribution in [0.25, 0.3) is 10.9 Å². The molecule has 0 aliphatic rings. The van der Waals surface area contributed by atoms with Gasteiger partial charge in [-0.05, 0) is 17.7 Å².